The predicted molar refractivity (Wildman–Crippen MR) is 91.0 cm³/mol. The van der Waals surface area contributed by atoms with E-state index in [0.717, 1.165) is 31.9 Å². The lowest BCUT2D eigenvalue weighted by atomic mass is 10.2. The molecule has 1 N–H and O–H groups in total. The Morgan fingerprint density at radius 3 is 2.45 bits per heavy atom. The number of halogens is 1. The Labute approximate surface area is 137 Å². The minimum absolute atomic E-state index is 0.459. The van der Waals surface area contributed by atoms with Crippen LogP contribution in [0.4, 0.5) is 16.2 Å². The SMILES string of the molecule is CN1CCN(c2cc(NC(=O)OC(C)(C)C)ccc2Cl)CC1. The monoisotopic (exact) mass is 325 g/mol. The van der Waals surface area contributed by atoms with Gasteiger partial charge in [-0.25, -0.2) is 4.79 Å². The van der Waals surface area contributed by atoms with Crippen LogP contribution in [0.1, 0.15) is 20.8 Å². The molecule has 0 atom stereocenters. The molecule has 0 unspecified atom stereocenters. The molecule has 22 heavy (non-hydrogen) atoms. The van der Waals surface area contributed by atoms with Crippen LogP contribution in [0.3, 0.4) is 0 Å². The van der Waals surface area contributed by atoms with Gasteiger partial charge in [-0.3, -0.25) is 5.32 Å². The largest absolute Gasteiger partial charge is 0.444 e. The zero-order chi connectivity index (χ0) is 16.3. The van der Waals surface area contributed by atoms with Gasteiger partial charge in [-0.05, 0) is 46.0 Å². The van der Waals surface area contributed by atoms with Gasteiger partial charge in [-0.1, -0.05) is 11.6 Å². The second-order valence-corrected chi connectivity index (χ2v) is 6.99. The van der Waals surface area contributed by atoms with Crippen molar-refractivity contribution in [2.75, 3.05) is 43.4 Å². The molecule has 0 aromatic heterocycles. The summed E-state index contributed by atoms with van der Waals surface area (Å²) < 4.78 is 5.27. The molecule has 1 fully saturated rings. The maximum atomic E-state index is 11.9. The lowest BCUT2D eigenvalue weighted by Gasteiger charge is -2.34. The first kappa shape index (κ1) is 16.9. The van der Waals surface area contributed by atoms with Gasteiger partial charge in [0.15, 0.2) is 0 Å². The summed E-state index contributed by atoms with van der Waals surface area (Å²) in [5.41, 5.74) is 1.12. The Bertz CT molecular complexity index is 535. The molecule has 2 rings (SSSR count). The van der Waals surface area contributed by atoms with E-state index in [9.17, 15) is 4.79 Å². The molecule has 0 bridgehead atoms. The highest BCUT2D eigenvalue weighted by Gasteiger charge is 2.19. The van der Waals surface area contributed by atoms with Crippen LogP contribution in [0.2, 0.25) is 5.02 Å². The quantitative estimate of drug-likeness (QED) is 0.904. The molecule has 1 heterocycles. The molecule has 6 heteroatoms. The number of hydrogen-bond acceptors (Lipinski definition) is 4. The zero-order valence-electron chi connectivity index (χ0n) is 13.6. The fraction of sp³-hybridized carbons (Fsp3) is 0.562. The van der Waals surface area contributed by atoms with Gasteiger partial charge in [-0.15, -0.1) is 0 Å². The zero-order valence-corrected chi connectivity index (χ0v) is 14.4. The smallest absolute Gasteiger partial charge is 0.412 e. The van der Waals surface area contributed by atoms with E-state index in [-0.39, 0.29) is 0 Å². The van der Waals surface area contributed by atoms with Crippen LogP contribution in [0.25, 0.3) is 0 Å². The highest BCUT2D eigenvalue weighted by atomic mass is 35.5. The summed E-state index contributed by atoms with van der Waals surface area (Å²) in [5.74, 6) is 0. The molecule has 1 aliphatic rings. The number of nitrogens with one attached hydrogen (secondary N) is 1. The average molecular weight is 326 g/mol. The van der Waals surface area contributed by atoms with Crippen molar-refractivity contribution >= 4 is 29.1 Å². The lowest BCUT2D eigenvalue weighted by molar-refractivity contribution is 0.0636. The van der Waals surface area contributed by atoms with Crippen LogP contribution in [0.15, 0.2) is 18.2 Å². The number of nitrogens with zero attached hydrogens (tertiary/aromatic N) is 2. The third kappa shape index (κ3) is 4.78. The van der Waals surface area contributed by atoms with Crippen molar-refractivity contribution < 1.29 is 9.53 Å². The number of likely N-dealkylation sites (N-methyl/N-ethyl adjacent to an activating group) is 1. The predicted octanol–water partition coefficient (Wildman–Crippen LogP) is 3.44. The maximum absolute atomic E-state index is 11.9. The molecule has 1 saturated heterocycles. The van der Waals surface area contributed by atoms with Crippen molar-refractivity contribution in [3.8, 4) is 0 Å². The molecule has 0 aliphatic carbocycles. The normalized spacial score (nSPS) is 16.5. The number of anilines is 2. The first-order chi connectivity index (χ1) is 10.2. The minimum Gasteiger partial charge on any atom is -0.444 e. The maximum Gasteiger partial charge on any atom is 0.412 e. The molecule has 1 amide bonds. The van der Waals surface area contributed by atoms with E-state index in [0.29, 0.717) is 10.7 Å². The van der Waals surface area contributed by atoms with Gasteiger partial charge in [0.05, 0.1) is 10.7 Å². The van der Waals surface area contributed by atoms with Gasteiger partial charge >= 0.3 is 6.09 Å². The van der Waals surface area contributed by atoms with Crippen molar-refractivity contribution in [3.63, 3.8) is 0 Å². The number of rotatable bonds is 2. The summed E-state index contributed by atoms with van der Waals surface area (Å²) >= 11 is 6.31. The number of piperazine rings is 1. The molecule has 1 aliphatic heterocycles. The van der Waals surface area contributed by atoms with E-state index in [1.54, 1.807) is 6.07 Å². The topological polar surface area (TPSA) is 44.8 Å². The summed E-state index contributed by atoms with van der Waals surface area (Å²) in [4.78, 5) is 16.4. The fourth-order valence-corrected chi connectivity index (χ4v) is 2.54. The summed E-state index contributed by atoms with van der Waals surface area (Å²) in [6.45, 7) is 9.36. The molecule has 5 nitrogen and oxygen atoms in total. The van der Waals surface area contributed by atoms with Gasteiger partial charge in [0.25, 0.3) is 0 Å². The number of amides is 1. The number of carbonyl (C=O) groups is 1. The standard InChI is InChI=1S/C16H24ClN3O2/c1-16(2,3)22-15(21)18-12-5-6-13(17)14(11-12)20-9-7-19(4)8-10-20/h5-6,11H,7-10H2,1-4H3,(H,18,21). The molecule has 1 aromatic carbocycles. The summed E-state index contributed by atoms with van der Waals surface area (Å²) in [7, 11) is 2.11. The molecule has 0 radical (unpaired) electrons. The third-order valence-electron chi connectivity index (χ3n) is 3.44. The molecular weight excluding hydrogens is 302 g/mol. The second kappa shape index (κ2) is 6.75. The van der Waals surface area contributed by atoms with Gasteiger partial charge in [0.1, 0.15) is 5.60 Å². The Morgan fingerprint density at radius 2 is 1.86 bits per heavy atom. The highest BCUT2D eigenvalue weighted by molar-refractivity contribution is 6.33. The Kier molecular flexibility index (Phi) is 5.19. The Morgan fingerprint density at radius 1 is 1.23 bits per heavy atom. The van der Waals surface area contributed by atoms with Gasteiger partial charge in [0, 0.05) is 31.9 Å². The molecule has 0 spiro atoms. The van der Waals surface area contributed by atoms with Crippen LogP contribution in [0.5, 0.6) is 0 Å². The highest BCUT2D eigenvalue weighted by Crippen LogP contribution is 2.30. The number of benzene rings is 1. The van der Waals surface area contributed by atoms with Crippen molar-refractivity contribution in [1.82, 2.24) is 4.90 Å². The van der Waals surface area contributed by atoms with Gasteiger partial charge in [0.2, 0.25) is 0 Å². The molecule has 1 aromatic rings. The lowest BCUT2D eigenvalue weighted by Crippen LogP contribution is -2.44. The van der Waals surface area contributed by atoms with Crippen LogP contribution >= 0.6 is 11.6 Å². The van der Waals surface area contributed by atoms with E-state index in [2.05, 4.69) is 22.2 Å². The van der Waals surface area contributed by atoms with E-state index < -0.39 is 11.7 Å². The van der Waals surface area contributed by atoms with Crippen LogP contribution in [-0.4, -0.2) is 49.8 Å². The number of ether oxygens (including phenoxy) is 1. The first-order valence-electron chi connectivity index (χ1n) is 7.48. The minimum atomic E-state index is -0.517. The number of hydrogen-bond donors (Lipinski definition) is 1. The van der Waals surface area contributed by atoms with E-state index in [1.807, 2.05) is 32.9 Å². The van der Waals surface area contributed by atoms with Crippen molar-refractivity contribution in [1.29, 1.82) is 0 Å². The molecular formula is C16H24ClN3O2. The number of carbonyl (C=O) groups excluding carboxylic acids is 1. The van der Waals surface area contributed by atoms with Crippen LogP contribution in [0, 0.1) is 0 Å². The average Bonchev–Trinajstić information content (AvgIpc) is 2.40. The molecule has 0 saturated carbocycles. The Balaban J connectivity index is 2.08. The van der Waals surface area contributed by atoms with Crippen molar-refractivity contribution in [2.45, 2.75) is 26.4 Å². The van der Waals surface area contributed by atoms with Gasteiger partial charge in [-0.2, -0.15) is 0 Å². The van der Waals surface area contributed by atoms with Crippen LogP contribution < -0.4 is 10.2 Å². The summed E-state index contributed by atoms with van der Waals surface area (Å²) in [6, 6.07) is 5.49. The van der Waals surface area contributed by atoms with E-state index in [1.165, 1.54) is 0 Å². The van der Waals surface area contributed by atoms with Gasteiger partial charge < -0.3 is 14.5 Å². The first-order valence-corrected chi connectivity index (χ1v) is 7.85. The second-order valence-electron chi connectivity index (χ2n) is 6.58. The third-order valence-corrected chi connectivity index (χ3v) is 3.75. The van der Waals surface area contributed by atoms with E-state index in [4.69, 9.17) is 16.3 Å². The fourth-order valence-electron chi connectivity index (χ4n) is 2.30. The van der Waals surface area contributed by atoms with Crippen molar-refractivity contribution in [2.24, 2.45) is 0 Å². The van der Waals surface area contributed by atoms with Crippen molar-refractivity contribution in [3.05, 3.63) is 23.2 Å². The Hall–Kier alpha value is -1.46. The van der Waals surface area contributed by atoms with E-state index >= 15 is 0 Å². The van der Waals surface area contributed by atoms with Crippen LogP contribution in [-0.2, 0) is 4.74 Å². The summed E-state index contributed by atoms with van der Waals surface area (Å²) in [6.07, 6.45) is -0.459. The molecule has 122 valence electrons. The summed E-state index contributed by atoms with van der Waals surface area (Å²) in [5, 5.41) is 3.45.